The lowest BCUT2D eigenvalue weighted by Gasteiger charge is -2.34. The molecule has 0 N–H and O–H groups in total. The van der Waals surface area contributed by atoms with Crippen LogP contribution in [0.5, 0.6) is 0 Å². The molecular weight excluding hydrogens is 300 g/mol. The molecule has 0 aliphatic carbocycles. The third-order valence-electron chi connectivity index (χ3n) is 4.32. The van der Waals surface area contributed by atoms with Gasteiger partial charge in [0.1, 0.15) is 0 Å². The van der Waals surface area contributed by atoms with Crippen LogP contribution in [0.15, 0.2) is 29.8 Å². The Labute approximate surface area is 143 Å². The highest BCUT2D eigenvalue weighted by Gasteiger charge is 2.17. The van der Waals surface area contributed by atoms with E-state index in [1.165, 1.54) is 5.57 Å². The van der Waals surface area contributed by atoms with Crippen molar-refractivity contribution < 1.29 is 0 Å². The number of hydrogen-bond acceptors (Lipinski definition) is 5. The molecule has 0 bridgehead atoms. The largest absolute Gasteiger partial charge is 0.353 e. The highest BCUT2D eigenvalue weighted by molar-refractivity contribution is 5.40. The third-order valence-corrected chi connectivity index (χ3v) is 4.32. The minimum atomic E-state index is 0.770. The predicted octanol–water partition coefficient (Wildman–Crippen LogP) is 2.37. The van der Waals surface area contributed by atoms with Gasteiger partial charge in [0.05, 0.1) is 5.69 Å². The third kappa shape index (κ3) is 3.82. The van der Waals surface area contributed by atoms with Crippen LogP contribution in [0.25, 0.3) is 5.82 Å². The highest BCUT2D eigenvalue weighted by atomic mass is 15.4. The number of aryl methyl sites for hydroxylation is 2. The quantitative estimate of drug-likeness (QED) is 0.807. The fourth-order valence-corrected chi connectivity index (χ4v) is 2.93. The number of rotatable bonds is 4. The Morgan fingerprint density at radius 2 is 1.71 bits per heavy atom. The molecule has 2 aromatic heterocycles. The minimum Gasteiger partial charge on any atom is -0.353 e. The van der Waals surface area contributed by atoms with Gasteiger partial charge in [0.2, 0.25) is 0 Å². The molecule has 3 rings (SSSR count). The summed E-state index contributed by atoms with van der Waals surface area (Å²) in [5.74, 6) is 1.72. The molecule has 1 aliphatic rings. The van der Waals surface area contributed by atoms with Crippen molar-refractivity contribution in [2.45, 2.75) is 27.7 Å². The van der Waals surface area contributed by atoms with Crippen molar-refractivity contribution in [3.8, 4) is 5.82 Å². The van der Waals surface area contributed by atoms with Gasteiger partial charge in [-0.25, -0.2) is 4.68 Å². The summed E-state index contributed by atoms with van der Waals surface area (Å²) in [5, 5.41) is 13.2. The summed E-state index contributed by atoms with van der Waals surface area (Å²) in [6.45, 7) is 13.5. The summed E-state index contributed by atoms with van der Waals surface area (Å²) in [7, 11) is 0. The monoisotopic (exact) mass is 326 g/mol. The first kappa shape index (κ1) is 16.6. The van der Waals surface area contributed by atoms with Crippen LogP contribution in [-0.2, 0) is 0 Å². The normalized spacial score (nSPS) is 15.6. The smallest absolute Gasteiger partial charge is 0.176 e. The van der Waals surface area contributed by atoms with Crippen LogP contribution in [0.2, 0.25) is 0 Å². The number of piperazine rings is 1. The van der Waals surface area contributed by atoms with Crippen molar-refractivity contribution in [3.05, 3.63) is 41.2 Å². The molecule has 0 aromatic carbocycles. The van der Waals surface area contributed by atoms with E-state index in [2.05, 4.69) is 45.0 Å². The van der Waals surface area contributed by atoms with Gasteiger partial charge in [-0.2, -0.15) is 5.10 Å². The fourth-order valence-electron chi connectivity index (χ4n) is 2.93. The molecule has 24 heavy (non-hydrogen) atoms. The standard InChI is InChI=1S/C18H26N6/c1-14(2)7-8-22-9-11-23(12-10-22)17-5-6-18(20-19-17)24-16(4)13-15(3)21-24/h5-7,13H,8-12H2,1-4H3. The van der Waals surface area contributed by atoms with Crippen LogP contribution < -0.4 is 4.90 Å². The molecule has 0 saturated carbocycles. The maximum absolute atomic E-state index is 4.46. The first-order valence-corrected chi connectivity index (χ1v) is 8.51. The van der Waals surface area contributed by atoms with E-state index in [1.807, 2.05) is 36.7 Å². The Bertz CT molecular complexity index is 704. The van der Waals surface area contributed by atoms with Crippen LogP contribution in [-0.4, -0.2) is 57.6 Å². The van der Waals surface area contributed by atoms with Crippen molar-refractivity contribution in [2.75, 3.05) is 37.6 Å². The fraction of sp³-hybridized carbons (Fsp3) is 0.500. The molecule has 2 aromatic rings. The SMILES string of the molecule is CC(C)=CCN1CCN(c2ccc(-n3nc(C)cc3C)nn2)CC1. The number of hydrogen-bond donors (Lipinski definition) is 0. The zero-order valence-electron chi connectivity index (χ0n) is 15.0. The van der Waals surface area contributed by atoms with Crippen LogP contribution in [0.4, 0.5) is 5.82 Å². The van der Waals surface area contributed by atoms with Gasteiger partial charge in [-0.05, 0) is 45.9 Å². The van der Waals surface area contributed by atoms with E-state index in [9.17, 15) is 0 Å². The Hall–Kier alpha value is -2.21. The average Bonchev–Trinajstić information content (AvgIpc) is 2.92. The topological polar surface area (TPSA) is 50.1 Å². The van der Waals surface area contributed by atoms with E-state index in [0.717, 1.165) is 55.7 Å². The Balaban J connectivity index is 1.63. The average molecular weight is 326 g/mol. The lowest BCUT2D eigenvalue weighted by Crippen LogP contribution is -2.46. The molecule has 6 heteroatoms. The minimum absolute atomic E-state index is 0.770. The molecule has 1 fully saturated rings. The molecule has 3 heterocycles. The van der Waals surface area contributed by atoms with Crippen LogP contribution >= 0.6 is 0 Å². The summed E-state index contributed by atoms with van der Waals surface area (Å²) < 4.78 is 1.84. The molecule has 1 aliphatic heterocycles. The second kappa shape index (κ2) is 7.13. The van der Waals surface area contributed by atoms with Gasteiger partial charge in [0, 0.05) is 38.4 Å². The van der Waals surface area contributed by atoms with Gasteiger partial charge in [-0.1, -0.05) is 11.6 Å². The van der Waals surface area contributed by atoms with Crippen molar-refractivity contribution >= 4 is 5.82 Å². The number of nitrogens with zero attached hydrogens (tertiary/aromatic N) is 6. The van der Waals surface area contributed by atoms with Gasteiger partial charge < -0.3 is 4.90 Å². The maximum Gasteiger partial charge on any atom is 0.176 e. The molecule has 0 unspecified atom stereocenters. The van der Waals surface area contributed by atoms with Crippen molar-refractivity contribution in [1.29, 1.82) is 0 Å². The second-order valence-electron chi connectivity index (χ2n) is 6.66. The Morgan fingerprint density at radius 1 is 1.04 bits per heavy atom. The van der Waals surface area contributed by atoms with E-state index in [0.29, 0.717) is 0 Å². The molecule has 6 nitrogen and oxygen atoms in total. The van der Waals surface area contributed by atoms with Gasteiger partial charge in [0.25, 0.3) is 0 Å². The summed E-state index contributed by atoms with van der Waals surface area (Å²) in [6, 6.07) is 6.09. The van der Waals surface area contributed by atoms with E-state index >= 15 is 0 Å². The van der Waals surface area contributed by atoms with Crippen molar-refractivity contribution in [2.24, 2.45) is 0 Å². The molecule has 0 atom stereocenters. The molecule has 0 amide bonds. The number of aromatic nitrogens is 4. The Morgan fingerprint density at radius 3 is 2.25 bits per heavy atom. The number of anilines is 1. The van der Waals surface area contributed by atoms with Gasteiger partial charge >= 0.3 is 0 Å². The van der Waals surface area contributed by atoms with E-state index in [1.54, 1.807) is 0 Å². The Kier molecular flexibility index (Phi) is 4.94. The van der Waals surface area contributed by atoms with Gasteiger partial charge in [-0.15, -0.1) is 10.2 Å². The molecule has 0 spiro atoms. The van der Waals surface area contributed by atoms with Gasteiger partial charge in [0.15, 0.2) is 11.6 Å². The van der Waals surface area contributed by atoms with E-state index < -0.39 is 0 Å². The second-order valence-corrected chi connectivity index (χ2v) is 6.66. The van der Waals surface area contributed by atoms with Crippen LogP contribution in [0.3, 0.4) is 0 Å². The summed E-state index contributed by atoms with van der Waals surface area (Å²) in [4.78, 5) is 4.78. The summed E-state index contributed by atoms with van der Waals surface area (Å²) in [5.41, 5.74) is 3.44. The first-order chi connectivity index (χ1) is 11.5. The number of allylic oxidation sites excluding steroid dienone is 1. The lowest BCUT2D eigenvalue weighted by molar-refractivity contribution is 0.282. The predicted molar refractivity (Wildman–Crippen MR) is 96.7 cm³/mol. The zero-order valence-corrected chi connectivity index (χ0v) is 15.0. The van der Waals surface area contributed by atoms with E-state index in [-0.39, 0.29) is 0 Å². The summed E-state index contributed by atoms with van der Waals surface area (Å²) in [6.07, 6.45) is 2.29. The van der Waals surface area contributed by atoms with Crippen LogP contribution in [0.1, 0.15) is 25.2 Å². The first-order valence-electron chi connectivity index (χ1n) is 8.51. The van der Waals surface area contributed by atoms with E-state index in [4.69, 9.17) is 0 Å². The molecular formula is C18H26N6. The zero-order chi connectivity index (χ0) is 17.1. The lowest BCUT2D eigenvalue weighted by atomic mass is 10.2. The van der Waals surface area contributed by atoms with Crippen LogP contribution in [0, 0.1) is 13.8 Å². The molecule has 128 valence electrons. The molecule has 1 saturated heterocycles. The van der Waals surface area contributed by atoms with Crippen molar-refractivity contribution in [3.63, 3.8) is 0 Å². The molecule has 0 radical (unpaired) electrons. The van der Waals surface area contributed by atoms with Crippen molar-refractivity contribution in [1.82, 2.24) is 24.9 Å². The highest BCUT2D eigenvalue weighted by Crippen LogP contribution is 2.15. The van der Waals surface area contributed by atoms with Gasteiger partial charge in [-0.3, -0.25) is 4.90 Å². The summed E-state index contributed by atoms with van der Waals surface area (Å²) >= 11 is 0. The maximum atomic E-state index is 4.46.